The second-order valence-electron chi connectivity index (χ2n) is 3.30. The molecule has 0 N–H and O–H groups in total. The molecule has 1 aromatic rings. The van der Waals surface area contributed by atoms with Gasteiger partial charge in [0, 0.05) is 3.58 Å². The first-order valence-electron chi connectivity index (χ1n) is 4.59. The van der Waals surface area contributed by atoms with Gasteiger partial charge in [0.25, 0.3) is 0 Å². The van der Waals surface area contributed by atoms with Crippen LogP contribution in [0.1, 0.15) is 30.0 Å². The third kappa shape index (κ3) is 2.83. The molecule has 1 heteroatoms. The number of aryl methyl sites for hydroxylation is 2. The molecule has 0 atom stereocenters. The van der Waals surface area contributed by atoms with E-state index in [4.69, 9.17) is 0 Å². The molecule has 0 saturated carbocycles. The van der Waals surface area contributed by atoms with E-state index >= 15 is 0 Å². The van der Waals surface area contributed by atoms with Crippen molar-refractivity contribution in [1.82, 2.24) is 0 Å². The van der Waals surface area contributed by atoms with Gasteiger partial charge in [-0.05, 0) is 52.6 Å². The molecule has 0 heterocycles. The first kappa shape index (κ1) is 10.8. The molecule has 0 amide bonds. The second kappa shape index (κ2) is 4.80. The first-order chi connectivity index (χ1) is 6.15. The average molecular weight is 286 g/mol. The molecule has 0 bridgehead atoms. The normalized spacial score (nSPS) is 10.1. The molecule has 0 aromatic heterocycles. The number of rotatable bonds is 3. The standard InChI is InChI=1S/C12H15I/c1-4-5-11-7-6-9(2)12(8-11)10(3)13/h6-8H,3-5H2,1-2H3. The highest BCUT2D eigenvalue weighted by Gasteiger charge is 2.01. The highest BCUT2D eigenvalue weighted by molar-refractivity contribution is 14.1. The van der Waals surface area contributed by atoms with Crippen LogP contribution in [0.25, 0.3) is 3.58 Å². The molecule has 0 aliphatic carbocycles. The van der Waals surface area contributed by atoms with E-state index in [-0.39, 0.29) is 0 Å². The van der Waals surface area contributed by atoms with E-state index in [1.165, 1.54) is 23.1 Å². The Morgan fingerprint density at radius 3 is 2.69 bits per heavy atom. The van der Waals surface area contributed by atoms with Gasteiger partial charge < -0.3 is 0 Å². The van der Waals surface area contributed by atoms with E-state index in [0.29, 0.717) is 0 Å². The van der Waals surface area contributed by atoms with Crippen LogP contribution in [0.15, 0.2) is 24.8 Å². The minimum atomic E-state index is 1.13. The lowest BCUT2D eigenvalue weighted by molar-refractivity contribution is 0.920. The van der Waals surface area contributed by atoms with Crippen LogP contribution in [-0.2, 0) is 6.42 Å². The minimum Gasteiger partial charge on any atom is -0.0850 e. The highest BCUT2D eigenvalue weighted by Crippen LogP contribution is 2.24. The summed E-state index contributed by atoms with van der Waals surface area (Å²) in [5.74, 6) is 0. The van der Waals surface area contributed by atoms with Crippen LogP contribution in [0.2, 0.25) is 0 Å². The summed E-state index contributed by atoms with van der Waals surface area (Å²) in [5.41, 5.74) is 4.03. The van der Waals surface area contributed by atoms with E-state index in [1.807, 2.05) is 0 Å². The molecule has 0 aliphatic rings. The molecule has 0 saturated heterocycles. The summed E-state index contributed by atoms with van der Waals surface area (Å²) in [4.78, 5) is 0. The Labute approximate surface area is 94.2 Å². The van der Waals surface area contributed by atoms with Crippen molar-refractivity contribution in [2.75, 3.05) is 0 Å². The summed E-state index contributed by atoms with van der Waals surface area (Å²) in [6, 6.07) is 6.65. The van der Waals surface area contributed by atoms with Gasteiger partial charge in [-0.1, -0.05) is 38.1 Å². The Bertz CT molecular complexity index is 313. The van der Waals surface area contributed by atoms with E-state index in [0.717, 1.165) is 10.0 Å². The van der Waals surface area contributed by atoms with Crippen molar-refractivity contribution in [2.45, 2.75) is 26.7 Å². The maximum Gasteiger partial charge on any atom is 0.0133 e. The molecule has 70 valence electrons. The summed E-state index contributed by atoms with van der Waals surface area (Å²) in [7, 11) is 0. The predicted octanol–water partition coefficient (Wildman–Crippen LogP) is 4.35. The molecule has 0 spiro atoms. The number of halogens is 1. The van der Waals surface area contributed by atoms with Crippen molar-refractivity contribution in [3.63, 3.8) is 0 Å². The number of hydrogen-bond donors (Lipinski definition) is 0. The lowest BCUT2D eigenvalue weighted by Crippen LogP contribution is -1.88. The van der Waals surface area contributed by atoms with Gasteiger partial charge in [0.05, 0.1) is 0 Å². The molecule has 1 aromatic carbocycles. The smallest absolute Gasteiger partial charge is 0.0133 e. The lowest BCUT2D eigenvalue weighted by Gasteiger charge is -2.06. The quantitative estimate of drug-likeness (QED) is 0.724. The summed E-state index contributed by atoms with van der Waals surface area (Å²) < 4.78 is 1.13. The van der Waals surface area contributed by atoms with E-state index in [1.54, 1.807) is 0 Å². The lowest BCUT2D eigenvalue weighted by atomic mass is 10.0. The zero-order valence-electron chi connectivity index (χ0n) is 8.23. The molecule has 0 aliphatic heterocycles. The fourth-order valence-electron chi connectivity index (χ4n) is 1.41. The largest absolute Gasteiger partial charge is 0.0850 e. The second-order valence-corrected chi connectivity index (χ2v) is 4.61. The molecule has 0 unspecified atom stereocenters. The third-order valence-corrected chi connectivity index (χ3v) is 2.71. The molecular formula is C12H15I. The first-order valence-corrected chi connectivity index (χ1v) is 5.67. The minimum absolute atomic E-state index is 1.13. The van der Waals surface area contributed by atoms with Crippen LogP contribution >= 0.6 is 22.6 Å². The van der Waals surface area contributed by atoms with Crippen molar-refractivity contribution in [3.05, 3.63) is 41.5 Å². The molecule has 0 fully saturated rings. The van der Waals surface area contributed by atoms with Crippen LogP contribution in [-0.4, -0.2) is 0 Å². The summed E-state index contributed by atoms with van der Waals surface area (Å²) in [6.07, 6.45) is 2.37. The van der Waals surface area contributed by atoms with Gasteiger partial charge in [0.15, 0.2) is 0 Å². The van der Waals surface area contributed by atoms with E-state index in [9.17, 15) is 0 Å². The van der Waals surface area contributed by atoms with Gasteiger partial charge in [0.2, 0.25) is 0 Å². The maximum absolute atomic E-state index is 3.97. The van der Waals surface area contributed by atoms with Crippen LogP contribution in [0.5, 0.6) is 0 Å². The zero-order valence-corrected chi connectivity index (χ0v) is 10.4. The van der Waals surface area contributed by atoms with Gasteiger partial charge in [0.1, 0.15) is 0 Å². The van der Waals surface area contributed by atoms with Crippen molar-refractivity contribution in [3.8, 4) is 0 Å². The van der Waals surface area contributed by atoms with E-state index < -0.39 is 0 Å². The Morgan fingerprint density at radius 2 is 2.15 bits per heavy atom. The van der Waals surface area contributed by atoms with Gasteiger partial charge in [-0.25, -0.2) is 0 Å². The topological polar surface area (TPSA) is 0 Å². The van der Waals surface area contributed by atoms with Crippen molar-refractivity contribution < 1.29 is 0 Å². The van der Waals surface area contributed by atoms with Gasteiger partial charge >= 0.3 is 0 Å². The molecule has 13 heavy (non-hydrogen) atoms. The zero-order chi connectivity index (χ0) is 9.84. The van der Waals surface area contributed by atoms with Crippen LogP contribution in [0.4, 0.5) is 0 Å². The molecule has 0 radical (unpaired) electrons. The Morgan fingerprint density at radius 1 is 1.46 bits per heavy atom. The van der Waals surface area contributed by atoms with Crippen LogP contribution < -0.4 is 0 Å². The van der Waals surface area contributed by atoms with Crippen LogP contribution in [0.3, 0.4) is 0 Å². The Hall–Kier alpha value is -0.310. The third-order valence-electron chi connectivity index (χ3n) is 2.13. The van der Waals surface area contributed by atoms with Gasteiger partial charge in [-0.2, -0.15) is 0 Å². The summed E-state index contributed by atoms with van der Waals surface area (Å²) in [6.45, 7) is 8.31. The average Bonchev–Trinajstić information content (AvgIpc) is 2.08. The number of benzene rings is 1. The van der Waals surface area contributed by atoms with Crippen molar-refractivity contribution in [2.24, 2.45) is 0 Å². The number of hydrogen-bond acceptors (Lipinski definition) is 0. The Balaban J connectivity index is 3.04. The summed E-state index contributed by atoms with van der Waals surface area (Å²) >= 11 is 2.28. The SMILES string of the molecule is C=C(I)c1cc(CCC)ccc1C. The molecule has 1 rings (SSSR count). The molecular weight excluding hydrogens is 271 g/mol. The summed E-state index contributed by atoms with van der Waals surface area (Å²) in [5, 5.41) is 0. The van der Waals surface area contributed by atoms with Crippen LogP contribution in [0, 0.1) is 6.92 Å². The monoisotopic (exact) mass is 286 g/mol. The fourth-order valence-corrected chi connectivity index (χ4v) is 1.99. The highest BCUT2D eigenvalue weighted by atomic mass is 127. The predicted molar refractivity (Wildman–Crippen MR) is 68.2 cm³/mol. The molecule has 0 nitrogen and oxygen atoms in total. The fraction of sp³-hybridized carbons (Fsp3) is 0.333. The maximum atomic E-state index is 3.97. The van der Waals surface area contributed by atoms with E-state index in [2.05, 4.69) is 61.2 Å². The van der Waals surface area contributed by atoms with Gasteiger partial charge in [-0.15, -0.1) is 0 Å². The van der Waals surface area contributed by atoms with Crippen molar-refractivity contribution >= 4 is 26.2 Å². The van der Waals surface area contributed by atoms with Crippen molar-refractivity contribution in [1.29, 1.82) is 0 Å². The van der Waals surface area contributed by atoms with Gasteiger partial charge in [-0.3, -0.25) is 0 Å². The Kier molecular flexibility index (Phi) is 3.97.